The van der Waals surface area contributed by atoms with Gasteiger partial charge < -0.3 is 15.0 Å². The van der Waals surface area contributed by atoms with Crippen LogP contribution in [0, 0.1) is 5.82 Å². The third-order valence-corrected chi connectivity index (χ3v) is 5.95. The van der Waals surface area contributed by atoms with Crippen molar-refractivity contribution in [2.24, 2.45) is 7.05 Å². The molecule has 2 aromatic rings. The van der Waals surface area contributed by atoms with E-state index in [4.69, 9.17) is 0 Å². The number of carbonyl (C=O) groups is 1. The van der Waals surface area contributed by atoms with Gasteiger partial charge in [0.2, 0.25) is 10.0 Å². The minimum atomic E-state index is -4.03. The van der Waals surface area contributed by atoms with Crippen LogP contribution in [0.1, 0.15) is 35.0 Å². The zero-order valence-corrected chi connectivity index (χ0v) is 16.2. The molecule has 0 unspecified atom stereocenters. The molecule has 0 radical (unpaired) electrons. The number of halogens is 3. The van der Waals surface area contributed by atoms with Gasteiger partial charge >= 0.3 is 0 Å². The Bertz CT molecular complexity index is 1090. The summed E-state index contributed by atoms with van der Waals surface area (Å²) in [5.74, 6) is -1.87. The molecule has 0 spiro atoms. The van der Waals surface area contributed by atoms with E-state index in [0.717, 1.165) is 18.2 Å². The van der Waals surface area contributed by atoms with Crippen molar-refractivity contribution in [3.63, 3.8) is 0 Å². The quantitative estimate of drug-likeness (QED) is 0.695. The molecule has 1 aromatic carbocycles. The Kier molecular flexibility index (Phi) is 5.57. The number of aliphatic hydroxyl groups excluding tert-OH is 1. The number of hydrogen-bond donors (Lipinski definition) is 3. The van der Waals surface area contributed by atoms with Crippen molar-refractivity contribution in [1.82, 2.24) is 9.29 Å². The first-order chi connectivity index (χ1) is 13.5. The zero-order chi connectivity index (χ0) is 21.5. The van der Waals surface area contributed by atoms with Gasteiger partial charge in [0.1, 0.15) is 16.4 Å². The molecule has 11 heteroatoms. The number of carbonyl (C=O) groups excluding carboxylic acids is 1. The number of anilines is 1. The van der Waals surface area contributed by atoms with Crippen LogP contribution in [0.4, 0.5) is 18.9 Å². The molecule has 2 atom stereocenters. The van der Waals surface area contributed by atoms with Crippen LogP contribution >= 0.6 is 0 Å². The molecule has 0 saturated heterocycles. The highest BCUT2D eigenvalue weighted by atomic mass is 32.2. The summed E-state index contributed by atoms with van der Waals surface area (Å²) >= 11 is 0. The van der Waals surface area contributed by atoms with Crippen molar-refractivity contribution in [3.8, 4) is 0 Å². The van der Waals surface area contributed by atoms with Crippen molar-refractivity contribution < 1.29 is 31.5 Å². The molecule has 156 valence electrons. The first-order valence-electron chi connectivity index (χ1n) is 8.48. The van der Waals surface area contributed by atoms with Crippen molar-refractivity contribution in [1.29, 1.82) is 0 Å². The summed E-state index contributed by atoms with van der Waals surface area (Å²) < 4.78 is 68.0. The van der Waals surface area contributed by atoms with Crippen LogP contribution in [-0.4, -0.2) is 36.1 Å². The van der Waals surface area contributed by atoms with Crippen LogP contribution in [0.25, 0.3) is 6.08 Å². The Labute approximate surface area is 164 Å². The number of nitrogens with one attached hydrogen (secondary N) is 2. The number of aliphatic hydroxyl groups is 1. The van der Waals surface area contributed by atoms with Crippen molar-refractivity contribution >= 4 is 27.7 Å². The number of sulfonamides is 1. The van der Waals surface area contributed by atoms with Gasteiger partial charge in [0, 0.05) is 24.5 Å². The predicted octanol–water partition coefficient (Wildman–Crippen LogP) is 2.41. The van der Waals surface area contributed by atoms with E-state index in [9.17, 15) is 31.5 Å². The molecule has 3 N–H and O–H groups in total. The van der Waals surface area contributed by atoms with Gasteiger partial charge in [0.15, 0.2) is 0 Å². The van der Waals surface area contributed by atoms with Gasteiger partial charge in [-0.25, -0.2) is 26.3 Å². The molecule has 2 heterocycles. The summed E-state index contributed by atoms with van der Waals surface area (Å²) in [7, 11) is -2.57. The molecule has 0 bridgehead atoms. The van der Waals surface area contributed by atoms with Crippen LogP contribution in [-0.2, 0) is 17.1 Å². The normalized spacial score (nSPS) is 18.9. The molecule has 1 aromatic heterocycles. The second kappa shape index (κ2) is 7.65. The van der Waals surface area contributed by atoms with Crippen LogP contribution in [0.5, 0.6) is 0 Å². The summed E-state index contributed by atoms with van der Waals surface area (Å²) in [5, 5.41) is 12.1. The molecule has 0 saturated carbocycles. The lowest BCUT2D eigenvalue weighted by Gasteiger charge is -2.15. The molecule has 29 heavy (non-hydrogen) atoms. The Hall–Kier alpha value is -2.63. The predicted molar refractivity (Wildman–Crippen MR) is 99.5 cm³/mol. The number of aromatic nitrogens is 1. The maximum atomic E-state index is 13.5. The van der Waals surface area contributed by atoms with Gasteiger partial charge in [-0.05, 0) is 25.1 Å². The van der Waals surface area contributed by atoms with Gasteiger partial charge in [-0.3, -0.25) is 4.79 Å². The first kappa shape index (κ1) is 21.1. The lowest BCUT2D eigenvalue weighted by atomic mass is 10.1. The zero-order valence-electron chi connectivity index (χ0n) is 15.4. The van der Waals surface area contributed by atoms with E-state index in [1.165, 1.54) is 36.9 Å². The smallest absolute Gasteiger partial charge is 0.272 e. The average Bonchev–Trinajstić information content (AvgIpc) is 2.90. The number of benzene rings is 1. The molecule has 1 aliphatic rings. The second-order valence-corrected chi connectivity index (χ2v) is 8.29. The second-order valence-electron chi connectivity index (χ2n) is 6.60. The van der Waals surface area contributed by atoms with Gasteiger partial charge in [0.05, 0.1) is 17.7 Å². The lowest BCUT2D eigenvalue weighted by molar-refractivity contribution is 0.101. The summed E-state index contributed by atoms with van der Waals surface area (Å²) in [6.45, 7) is 1.41. The fourth-order valence-electron chi connectivity index (χ4n) is 2.99. The van der Waals surface area contributed by atoms with Crippen molar-refractivity contribution in [2.45, 2.75) is 30.4 Å². The largest absolute Gasteiger partial charge is 0.391 e. The molecule has 3 rings (SSSR count). The highest BCUT2D eigenvalue weighted by Crippen LogP contribution is 2.29. The topological polar surface area (TPSA) is 100 Å². The Morgan fingerprint density at radius 1 is 1.34 bits per heavy atom. The Morgan fingerprint density at radius 3 is 2.66 bits per heavy atom. The summed E-state index contributed by atoms with van der Waals surface area (Å²) in [5.41, 5.74) is -0.894. The van der Waals surface area contributed by atoms with Gasteiger partial charge in [-0.15, -0.1) is 0 Å². The number of nitrogens with zero attached hydrogens (tertiary/aromatic N) is 1. The van der Waals surface area contributed by atoms with E-state index in [1.54, 1.807) is 0 Å². The highest BCUT2D eigenvalue weighted by molar-refractivity contribution is 7.89. The lowest BCUT2D eigenvalue weighted by Crippen LogP contribution is -2.39. The molecule has 1 amide bonds. The number of alkyl halides is 2. The van der Waals surface area contributed by atoms with Crippen molar-refractivity contribution in [2.75, 3.05) is 5.32 Å². The summed E-state index contributed by atoms with van der Waals surface area (Å²) in [6, 6.07) is 1.86. The number of aryl methyl sites for hydroxylation is 1. The summed E-state index contributed by atoms with van der Waals surface area (Å²) in [4.78, 5) is 12.6. The maximum Gasteiger partial charge on any atom is 0.272 e. The molecule has 1 aliphatic heterocycles. The first-order valence-corrected chi connectivity index (χ1v) is 9.96. The van der Waals surface area contributed by atoms with E-state index >= 15 is 0 Å². The Morgan fingerprint density at radius 2 is 2.03 bits per heavy atom. The fourth-order valence-corrected chi connectivity index (χ4v) is 4.51. The molecule has 7 nitrogen and oxygen atoms in total. The number of rotatable bonds is 4. The minimum absolute atomic E-state index is 0.0456. The van der Waals surface area contributed by atoms with Crippen LogP contribution in [0.2, 0.25) is 0 Å². The van der Waals surface area contributed by atoms with E-state index in [0.29, 0.717) is 0 Å². The monoisotopic (exact) mass is 429 g/mol. The van der Waals surface area contributed by atoms with Crippen LogP contribution in [0.3, 0.4) is 0 Å². The van der Waals surface area contributed by atoms with E-state index in [1.807, 2.05) is 0 Å². The van der Waals surface area contributed by atoms with Crippen LogP contribution < -0.4 is 10.0 Å². The van der Waals surface area contributed by atoms with E-state index < -0.39 is 45.9 Å². The molecule has 0 aliphatic carbocycles. The fraction of sp³-hybridized carbons (Fsp3) is 0.278. The SMILES string of the molecule is C[C@H](O)[C@H]1C=Cc2c(cn(C)c2C(=O)Nc2ccc(F)c(C(F)F)c2)S(=O)(=O)N1. The van der Waals surface area contributed by atoms with E-state index in [2.05, 4.69) is 10.0 Å². The van der Waals surface area contributed by atoms with Crippen molar-refractivity contribution in [3.05, 3.63) is 53.1 Å². The summed E-state index contributed by atoms with van der Waals surface area (Å²) in [6.07, 6.45) is -0.0272. The highest BCUT2D eigenvalue weighted by Gasteiger charge is 2.31. The standard InChI is InChI=1S/C18H18F3N3O4S/c1-9(25)14-6-4-11-15(29(27,28)23-14)8-24(2)16(11)18(26)22-10-3-5-13(19)12(7-10)17(20)21/h3-9,14,17,23,25H,1-2H3,(H,22,26)/t9-,14+/m0/s1. The van der Waals surface area contributed by atoms with E-state index in [-0.39, 0.29) is 21.8 Å². The van der Waals surface area contributed by atoms with Crippen LogP contribution in [0.15, 0.2) is 35.4 Å². The Balaban J connectivity index is 2.01. The van der Waals surface area contributed by atoms with Gasteiger partial charge in [-0.2, -0.15) is 0 Å². The van der Waals surface area contributed by atoms with Gasteiger partial charge in [0.25, 0.3) is 12.3 Å². The third-order valence-electron chi connectivity index (χ3n) is 4.46. The molecular weight excluding hydrogens is 411 g/mol. The molecular formula is C18H18F3N3O4S. The number of amides is 1. The third kappa shape index (κ3) is 4.07. The molecule has 0 fully saturated rings. The average molecular weight is 429 g/mol. The van der Waals surface area contributed by atoms with Gasteiger partial charge in [-0.1, -0.05) is 12.2 Å². The number of fused-ring (bicyclic) bond motifs is 1. The minimum Gasteiger partial charge on any atom is -0.391 e. The maximum absolute atomic E-state index is 13.5. The number of hydrogen-bond acceptors (Lipinski definition) is 4.